The maximum atomic E-state index is 12.1. The van der Waals surface area contributed by atoms with Gasteiger partial charge < -0.3 is 18.8 Å². The first-order valence-corrected chi connectivity index (χ1v) is 10.7. The SMILES string of the molecule is CC(C)C(=O)O[C@@H]1CC=C2[C@@H](n3cnc4c(Cl)ncnc43)[C@@H]3OC(C)(C)O[C@@H]3[C@H]2C1. The van der Waals surface area contributed by atoms with Gasteiger partial charge in [0.25, 0.3) is 0 Å². The number of imidazole rings is 1. The number of ether oxygens (including phenoxy) is 3. The van der Waals surface area contributed by atoms with Crippen LogP contribution in [0.2, 0.25) is 5.15 Å². The van der Waals surface area contributed by atoms with Gasteiger partial charge in [0.05, 0.1) is 24.4 Å². The van der Waals surface area contributed by atoms with Gasteiger partial charge >= 0.3 is 5.97 Å². The highest BCUT2D eigenvalue weighted by molar-refractivity contribution is 6.33. The van der Waals surface area contributed by atoms with Crippen molar-refractivity contribution in [2.75, 3.05) is 0 Å². The first kappa shape index (κ1) is 19.9. The number of esters is 1. The van der Waals surface area contributed by atoms with Crippen molar-refractivity contribution in [2.24, 2.45) is 11.8 Å². The number of rotatable bonds is 3. The van der Waals surface area contributed by atoms with Crippen LogP contribution in [0.4, 0.5) is 0 Å². The molecule has 0 radical (unpaired) electrons. The van der Waals surface area contributed by atoms with Gasteiger partial charge in [-0.1, -0.05) is 31.5 Å². The Hall–Kier alpha value is -2.03. The van der Waals surface area contributed by atoms with Crippen LogP contribution < -0.4 is 0 Å². The standard InChI is InChI=1S/C21H25ClN4O4/c1-10(2)20(27)28-11-5-6-12-13(7-11)16-17(30-21(3,4)29-16)15(12)26-9-25-14-18(22)23-8-24-19(14)26/h6,8-11,13,15-17H,5,7H2,1-4H3/t11-,13+,15-,16-,17+/m1/s1. The monoisotopic (exact) mass is 432 g/mol. The Balaban J connectivity index is 1.53. The van der Waals surface area contributed by atoms with Crippen molar-refractivity contribution < 1.29 is 19.0 Å². The average Bonchev–Trinajstić information content (AvgIpc) is 3.32. The largest absolute Gasteiger partial charge is 0.462 e. The Labute approximate surface area is 179 Å². The van der Waals surface area contributed by atoms with Gasteiger partial charge in [0.15, 0.2) is 16.6 Å². The zero-order valence-corrected chi connectivity index (χ0v) is 18.2. The number of aromatic nitrogens is 4. The molecule has 8 nitrogen and oxygen atoms in total. The summed E-state index contributed by atoms with van der Waals surface area (Å²) in [6.07, 6.45) is 6.26. The third-order valence-corrected chi connectivity index (χ3v) is 6.42. The van der Waals surface area contributed by atoms with Crippen LogP contribution in [0, 0.1) is 11.8 Å². The summed E-state index contributed by atoms with van der Waals surface area (Å²) in [5.41, 5.74) is 2.45. The zero-order chi connectivity index (χ0) is 21.2. The molecule has 9 heteroatoms. The predicted molar refractivity (Wildman–Crippen MR) is 109 cm³/mol. The molecular formula is C21H25ClN4O4. The van der Waals surface area contributed by atoms with E-state index in [1.54, 1.807) is 6.33 Å². The average molecular weight is 433 g/mol. The molecule has 2 aromatic rings. The lowest BCUT2D eigenvalue weighted by molar-refractivity contribution is -0.161. The Kier molecular flexibility index (Phi) is 4.65. The molecule has 5 rings (SSSR count). The maximum Gasteiger partial charge on any atom is 0.308 e. The van der Waals surface area contributed by atoms with E-state index in [4.69, 9.17) is 25.8 Å². The van der Waals surface area contributed by atoms with Gasteiger partial charge in [0, 0.05) is 12.3 Å². The molecule has 160 valence electrons. The normalized spacial score (nSPS) is 32.2. The molecular weight excluding hydrogens is 408 g/mol. The smallest absolute Gasteiger partial charge is 0.308 e. The lowest BCUT2D eigenvalue weighted by atomic mass is 9.86. The molecule has 0 bridgehead atoms. The number of nitrogens with zero attached hydrogens (tertiary/aromatic N) is 4. The van der Waals surface area contributed by atoms with E-state index in [-0.39, 0.29) is 42.2 Å². The van der Waals surface area contributed by atoms with E-state index in [1.165, 1.54) is 11.9 Å². The Bertz CT molecular complexity index is 1030. The maximum absolute atomic E-state index is 12.1. The highest BCUT2D eigenvalue weighted by Gasteiger charge is 2.58. The van der Waals surface area contributed by atoms with Crippen molar-refractivity contribution >= 4 is 28.7 Å². The minimum atomic E-state index is -0.691. The van der Waals surface area contributed by atoms with Crippen molar-refractivity contribution in [1.29, 1.82) is 0 Å². The minimum absolute atomic E-state index is 0.0928. The molecule has 3 aliphatic rings. The van der Waals surface area contributed by atoms with Gasteiger partial charge in [-0.2, -0.15) is 0 Å². The molecule has 0 spiro atoms. The van der Waals surface area contributed by atoms with E-state index in [0.717, 1.165) is 0 Å². The van der Waals surface area contributed by atoms with Crippen LogP contribution in [0.3, 0.4) is 0 Å². The van der Waals surface area contributed by atoms with Crippen LogP contribution in [-0.4, -0.2) is 49.6 Å². The lowest BCUT2D eigenvalue weighted by Gasteiger charge is -2.31. The molecule has 5 atom stereocenters. The van der Waals surface area contributed by atoms with E-state index in [2.05, 4.69) is 21.0 Å². The first-order valence-electron chi connectivity index (χ1n) is 10.3. The molecule has 0 N–H and O–H groups in total. The summed E-state index contributed by atoms with van der Waals surface area (Å²) in [6.45, 7) is 7.55. The molecule has 30 heavy (non-hydrogen) atoms. The fourth-order valence-electron chi connectivity index (χ4n) is 4.90. The second kappa shape index (κ2) is 7.00. The summed E-state index contributed by atoms with van der Waals surface area (Å²) < 4.78 is 20.4. The van der Waals surface area contributed by atoms with Crippen molar-refractivity contribution in [2.45, 2.75) is 70.7 Å². The highest BCUT2D eigenvalue weighted by atomic mass is 35.5. The van der Waals surface area contributed by atoms with Crippen molar-refractivity contribution in [3.8, 4) is 0 Å². The topological polar surface area (TPSA) is 88.4 Å². The van der Waals surface area contributed by atoms with Crippen LogP contribution in [0.15, 0.2) is 24.3 Å². The molecule has 1 saturated heterocycles. The molecule has 1 aliphatic heterocycles. The quantitative estimate of drug-likeness (QED) is 0.417. The fraction of sp³-hybridized carbons (Fsp3) is 0.619. The Morgan fingerprint density at radius 1 is 1.27 bits per heavy atom. The molecule has 0 amide bonds. The van der Waals surface area contributed by atoms with Crippen LogP contribution >= 0.6 is 11.6 Å². The number of fused-ring (bicyclic) bond motifs is 4. The van der Waals surface area contributed by atoms with Gasteiger partial charge in [-0.25, -0.2) is 15.0 Å². The third kappa shape index (κ3) is 3.13. The van der Waals surface area contributed by atoms with Crippen molar-refractivity contribution in [3.05, 3.63) is 29.5 Å². The lowest BCUT2D eigenvalue weighted by Crippen LogP contribution is -2.32. The number of carbonyl (C=O) groups is 1. The van der Waals surface area contributed by atoms with Crippen molar-refractivity contribution in [1.82, 2.24) is 19.5 Å². The molecule has 0 unspecified atom stereocenters. The van der Waals surface area contributed by atoms with Crippen LogP contribution in [0.25, 0.3) is 11.2 Å². The first-order chi connectivity index (χ1) is 14.2. The van der Waals surface area contributed by atoms with Crippen LogP contribution in [0.1, 0.15) is 46.6 Å². The highest BCUT2D eigenvalue weighted by Crippen LogP contribution is 2.53. The van der Waals surface area contributed by atoms with E-state index < -0.39 is 5.79 Å². The molecule has 1 saturated carbocycles. The minimum Gasteiger partial charge on any atom is -0.462 e. The van der Waals surface area contributed by atoms with Gasteiger partial charge in [0.1, 0.15) is 24.1 Å². The van der Waals surface area contributed by atoms with E-state index in [0.29, 0.717) is 29.2 Å². The molecule has 2 aliphatic carbocycles. The number of carbonyl (C=O) groups excluding carboxylic acids is 1. The van der Waals surface area contributed by atoms with Gasteiger partial charge in [0.2, 0.25) is 0 Å². The van der Waals surface area contributed by atoms with Gasteiger partial charge in [-0.3, -0.25) is 4.79 Å². The summed E-state index contributed by atoms with van der Waals surface area (Å²) in [5, 5.41) is 0.326. The molecule has 3 heterocycles. The summed E-state index contributed by atoms with van der Waals surface area (Å²) in [4.78, 5) is 25.0. The van der Waals surface area contributed by atoms with E-state index in [1.807, 2.05) is 32.3 Å². The summed E-state index contributed by atoms with van der Waals surface area (Å²) in [5.74, 6) is -0.913. The second-order valence-electron chi connectivity index (χ2n) is 8.99. The van der Waals surface area contributed by atoms with E-state index >= 15 is 0 Å². The van der Waals surface area contributed by atoms with E-state index in [9.17, 15) is 4.79 Å². The molecule has 0 aromatic carbocycles. The summed E-state index contributed by atoms with van der Waals surface area (Å²) in [6, 6.07) is -0.112. The Morgan fingerprint density at radius 2 is 2.03 bits per heavy atom. The van der Waals surface area contributed by atoms with Crippen LogP contribution in [-0.2, 0) is 19.0 Å². The second-order valence-corrected chi connectivity index (χ2v) is 9.35. The third-order valence-electron chi connectivity index (χ3n) is 6.14. The number of hydrogen-bond acceptors (Lipinski definition) is 7. The number of halogens is 1. The van der Waals surface area contributed by atoms with Gasteiger partial charge in [-0.15, -0.1) is 0 Å². The fourth-order valence-corrected chi connectivity index (χ4v) is 5.08. The summed E-state index contributed by atoms with van der Waals surface area (Å²) in [7, 11) is 0. The zero-order valence-electron chi connectivity index (χ0n) is 17.4. The van der Waals surface area contributed by atoms with Crippen molar-refractivity contribution in [3.63, 3.8) is 0 Å². The molecule has 2 fully saturated rings. The summed E-state index contributed by atoms with van der Waals surface area (Å²) >= 11 is 6.22. The predicted octanol–water partition coefficient (Wildman–Crippen LogP) is 3.46. The van der Waals surface area contributed by atoms with Gasteiger partial charge in [-0.05, 0) is 25.8 Å². The van der Waals surface area contributed by atoms with Crippen LogP contribution in [0.5, 0.6) is 0 Å². The number of hydrogen-bond donors (Lipinski definition) is 0. The molecule has 2 aromatic heterocycles. The Morgan fingerprint density at radius 3 is 2.80 bits per heavy atom.